The standard InChI is InChI=1S/C19H29N3O3/c1-14(15-9-6-5-7-10-15)20-17(23)22-12-8-11-16(13-22)21-18(24)25-19(2,3)4/h5-7,9-10,14,16H,8,11-13H2,1-4H3,(H,20,23)(H,21,24)/t14-,16-/m1/s1. The number of ether oxygens (including phenoxy) is 1. The Hall–Kier alpha value is -2.24. The van der Waals surface area contributed by atoms with Gasteiger partial charge in [0.2, 0.25) is 0 Å². The van der Waals surface area contributed by atoms with Crippen molar-refractivity contribution in [1.29, 1.82) is 0 Å². The highest BCUT2D eigenvalue weighted by molar-refractivity contribution is 5.75. The monoisotopic (exact) mass is 347 g/mol. The zero-order chi connectivity index (χ0) is 18.4. The SMILES string of the molecule is C[C@@H](NC(=O)N1CCC[C@@H](NC(=O)OC(C)(C)C)C1)c1ccccc1. The molecule has 0 aliphatic carbocycles. The molecule has 1 fully saturated rings. The number of rotatable bonds is 3. The van der Waals surface area contributed by atoms with Crippen LogP contribution in [0.1, 0.15) is 52.1 Å². The minimum Gasteiger partial charge on any atom is -0.444 e. The number of carbonyl (C=O) groups is 2. The van der Waals surface area contributed by atoms with Crippen molar-refractivity contribution in [2.45, 2.75) is 58.2 Å². The van der Waals surface area contributed by atoms with Crippen LogP contribution < -0.4 is 10.6 Å². The van der Waals surface area contributed by atoms with Crippen LogP contribution in [0, 0.1) is 0 Å². The summed E-state index contributed by atoms with van der Waals surface area (Å²) in [6.45, 7) is 8.65. The molecule has 6 nitrogen and oxygen atoms in total. The number of piperidine rings is 1. The van der Waals surface area contributed by atoms with Crippen molar-refractivity contribution in [2.24, 2.45) is 0 Å². The number of urea groups is 1. The average molecular weight is 347 g/mol. The number of benzene rings is 1. The molecule has 1 aromatic rings. The number of nitrogens with one attached hydrogen (secondary N) is 2. The van der Waals surface area contributed by atoms with Gasteiger partial charge in [-0.15, -0.1) is 0 Å². The predicted molar refractivity (Wildman–Crippen MR) is 97.4 cm³/mol. The van der Waals surface area contributed by atoms with Crippen LogP contribution in [0.25, 0.3) is 0 Å². The van der Waals surface area contributed by atoms with E-state index >= 15 is 0 Å². The molecule has 0 aromatic heterocycles. The first-order valence-corrected chi connectivity index (χ1v) is 8.84. The Morgan fingerprint density at radius 1 is 1.24 bits per heavy atom. The maximum absolute atomic E-state index is 12.5. The largest absolute Gasteiger partial charge is 0.444 e. The summed E-state index contributed by atoms with van der Waals surface area (Å²) in [6, 6.07) is 9.61. The van der Waals surface area contributed by atoms with Crippen LogP contribution >= 0.6 is 0 Å². The molecular formula is C19H29N3O3. The van der Waals surface area contributed by atoms with Crippen LogP contribution in [0.15, 0.2) is 30.3 Å². The molecule has 0 bridgehead atoms. The van der Waals surface area contributed by atoms with Crippen molar-refractivity contribution in [3.8, 4) is 0 Å². The van der Waals surface area contributed by atoms with Crippen LogP contribution in [0.2, 0.25) is 0 Å². The Bertz CT molecular complexity index is 583. The fourth-order valence-corrected chi connectivity index (χ4v) is 2.86. The lowest BCUT2D eigenvalue weighted by molar-refractivity contribution is 0.0479. The molecule has 3 amide bonds. The van der Waals surface area contributed by atoms with Crippen LogP contribution in [0.3, 0.4) is 0 Å². The van der Waals surface area contributed by atoms with Crippen molar-refractivity contribution in [1.82, 2.24) is 15.5 Å². The summed E-state index contributed by atoms with van der Waals surface area (Å²) < 4.78 is 5.29. The van der Waals surface area contributed by atoms with Gasteiger partial charge in [0, 0.05) is 19.1 Å². The number of hydrogen-bond donors (Lipinski definition) is 2. The number of amides is 3. The van der Waals surface area contributed by atoms with Gasteiger partial charge in [0.05, 0.1) is 6.04 Å². The summed E-state index contributed by atoms with van der Waals surface area (Å²) in [5, 5.41) is 5.88. The van der Waals surface area contributed by atoms with E-state index in [1.54, 1.807) is 4.90 Å². The first-order chi connectivity index (χ1) is 11.7. The molecule has 6 heteroatoms. The summed E-state index contributed by atoms with van der Waals surface area (Å²) in [4.78, 5) is 26.2. The molecule has 138 valence electrons. The smallest absolute Gasteiger partial charge is 0.407 e. The van der Waals surface area contributed by atoms with Crippen LogP contribution in [0.5, 0.6) is 0 Å². The van der Waals surface area contributed by atoms with Crippen molar-refractivity contribution in [3.05, 3.63) is 35.9 Å². The maximum atomic E-state index is 12.5. The highest BCUT2D eigenvalue weighted by Gasteiger charge is 2.27. The lowest BCUT2D eigenvalue weighted by atomic mass is 10.1. The van der Waals surface area contributed by atoms with Gasteiger partial charge in [-0.05, 0) is 46.1 Å². The third kappa shape index (κ3) is 6.29. The van der Waals surface area contributed by atoms with Crippen molar-refractivity contribution < 1.29 is 14.3 Å². The minimum absolute atomic E-state index is 0.0621. The van der Waals surface area contributed by atoms with E-state index in [0.29, 0.717) is 13.1 Å². The van der Waals surface area contributed by atoms with Gasteiger partial charge in [-0.2, -0.15) is 0 Å². The molecule has 1 aliphatic rings. The summed E-state index contributed by atoms with van der Waals surface area (Å²) in [7, 11) is 0. The Labute approximate surface area is 149 Å². The second kappa shape index (κ2) is 8.23. The topological polar surface area (TPSA) is 70.7 Å². The quantitative estimate of drug-likeness (QED) is 0.880. The van der Waals surface area contributed by atoms with E-state index < -0.39 is 11.7 Å². The van der Waals surface area contributed by atoms with E-state index in [1.165, 1.54) is 0 Å². The van der Waals surface area contributed by atoms with Gasteiger partial charge in [-0.3, -0.25) is 0 Å². The Balaban J connectivity index is 1.85. The molecule has 2 rings (SSSR count). The van der Waals surface area contributed by atoms with Gasteiger partial charge >= 0.3 is 12.1 Å². The molecule has 1 saturated heterocycles. The van der Waals surface area contributed by atoms with E-state index in [2.05, 4.69) is 10.6 Å². The van der Waals surface area contributed by atoms with Gasteiger partial charge in [0.1, 0.15) is 5.60 Å². The normalized spacial score (nSPS) is 19.0. The molecule has 2 atom stereocenters. The predicted octanol–water partition coefficient (Wildman–Crippen LogP) is 3.45. The van der Waals surface area contributed by atoms with Crippen LogP contribution in [-0.4, -0.2) is 41.8 Å². The fourth-order valence-electron chi connectivity index (χ4n) is 2.86. The molecule has 25 heavy (non-hydrogen) atoms. The molecular weight excluding hydrogens is 318 g/mol. The average Bonchev–Trinajstić information content (AvgIpc) is 2.54. The van der Waals surface area contributed by atoms with Crippen molar-refractivity contribution in [3.63, 3.8) is 0 Å². The second-order valence-corrected chi connectivity index (χ2v) is 7.51. The fraction of sp³-hybridized carbons (Fsp3) is 0.579. The van der Waals surface area contributed by atoms with Crippen molar-refractivity contribution in [2.75, 3.05) is 13.1 Å². The summed E-state index contributed by atoms with van der Waals surface area (Å²) in [6.07, 6.45) is 1.27. The maximum Gasteiger partial charge on any atom is 0.407 e. The third-order valence-electron chi connectivity index (χ3n) is 4.07. The first kappa shape index (κ1) is 19.1. The first-order valence-electron chi connectivity index (χ1n) is 8.84. The zero-order valence-electron chi connectivity index (χ0n) is 15.5. The highest BCUT2D eigenvalue weighted by Crippen LogP contribution is 2.15. The zero-order valence-corrected chi connectivity index (χ0v) is 15.5. The van der Waals surface area contributed by atoms with Crippen molar-refractivity contribution >= 4 is 12.1 Å². The number of likely N-dealkylation sites (tertiary alicyclic amines) is 1. The molecule has 1 heterocycles. The summed E-state index contributed by atoms with van der Waals surface area (Å²) in [5.41, 5.74) is 0.539. The minimum atomic E-state index is -0.527. The third-order valence-corrected chi connectivity index (χ3v) is 4.07. The number of alkyl carbamates (subject to hydrolysis) is 1. The van der Waals surface area contributed by atoms with Crippen LogP contribution in [0.4, 0.5) is 9.59 Å². The van der Waals surface area contributed by atoms with E-state index in [1.807, 2.05) is 58.0 Å². The molecule has 0 saturated carbocycles. The molecule has 1 aliphatic heterocycles. The Kier molecular flexibility index (Phi) is 6.28. The number of nitrogens with zero attached hydrogens (tertiary/aromatic N) is 1. The Morgan fingerprint density at radius 3 is 2.56 bits per heavy atom. The molecule has 1 aromatic carbocycles. The number of hydrogen-bond acceptors (Lipinski definition) is 3. The number of carbonyl (C=O) groups excluding carboxylic acids is 2. The van der Waals surface area contributed by atoms with Gasteiger partial charge in [0.15, 0.2) is 0 Å². The lowest BCUT2D eigenvalue weighted by Gasteiger charge is -2.34. The van der Waals surface area contributed by atoms with E-state index in [4.69, 9.17) is 4.74 Å². The van der Waals surface area contributed by atoms with E-state index in [0.717, 1.165) is 18.4 Å². The second-order valence-electron chi connectivity index (χ2n) is 7.51. The van der Waals surface area contributed by atoms with Gasteiger partial charge in [-0.25, -0.2) is 9.59 Å². The summed E-state index contributed by atoms with van der Waals surface area (Å²) in [5.74, 6) is 0. The van der Waals surface area contributed by atoms with E-state index in [-0.39, 0.29) is 18.1 Å². The molecule has 0 unspecified atom stereocenters. The van der Waals surface area contributed by atoms with Gasteiger partial charge in [0.25, 0.3) is 0 Å². The molecule has 2 N–H and O–H groups in total. The molecule has 0 radical (unpaired) electrons. The highest BCUT2D eigenvalue weighted by atomic mass is 16.6. The Morgan fingerprint density at radius 2 is 1.92 bits per heavy atom. The molecule has 0 spiro atoms. The van der Waals surface area contributed by atoms with Crippen LogP contribution in [-0.2, 0) is 4.74 Å². The lowest BCUT2D eigenvalue weighted by Crippen LogP contribution is -2.53. The van der Waals surface area contributed by atoms with Gasteiger partial charge in [-0.1, -0.05) is 30.3 Å². The summed E-state index contributed by atoms with van der Waals surface area (Å²) >= 11 is 0. The van der Waals surface area contributed by atoms with E-state index in [9.17, 15) is 9.59 Å². The van der Waals surface area contributed by atoms with Gasteiger partial charge < -0.3 is 20.3 Å².